The molecule has 0 aliphatic carbocycles. The van der Waals surface area contributed by atoms with Gasteiger partial charge in [0, 0.05) is 18.5 Å². The molecule has 0 spiro atoms. The Bertz CT molecular complexity index is 745. The zero-order valence-electron chi connectivity index (χ0n) is 11.0. The van der Waals surface area contributed by atoms with E-state index in [9.17, 15) is 8.42 Å². The molecule has 0 unspecified atom stereocenters. The summed E-state index contributed by atoms with van der Waals surface area (Å²) in [6, 6.07) is 6.17. The van der Waals surface area contributed by atoms with Crippen molar-refractivity contribution in [3.8, 4) is 11.8 Å². The Morgan fingerprint density at radius 1 is 1.38 bits per heavy atom. The summed E-state index contributed by atoms with van der Waals surface area (Å²) in [7, 11) is -3.63. The van der Waals surface area contributed by atoms with Gasteiger partial charge < -0.3 is 9.63 Å². The average Bonchev–Trinajstić information content (AvgIpc) is 2.98. The molecule has 2 N–H and O–H groups in total. The molecule has 21 heavy (non-hydrogen) atoms. The number of aliphatic hydroxyl groups excluding tert-OH is 1. The van der Waals surface area contributed by atoms with Gasteiger partial charge in [0.2, 0.25) is 15.9 Å². The van der Waals surface area contributed by atoms with Gasteiger partial charge in [0.05, 0.1) is 4.90 Å². The molecular weight excluding hydrogens is 294 g/mol. The lowest BCUT2D eigenvalue weighted by Gasteiger charge is -2.05. The van der Waals surface area contributed by atoms with Crippen LogP contribution >= 0.6 is 0 Å². The third-order valence-corrected chi connectivity index (χ3v) is 3.95. The summed E-state index contributed by atoms with van der Waals surface area (Å²) >= 11 is 0. The summed E-state index contributed by atoms with van der Waals surface area (Å²) in [5.74, 6) is 5.49. The standard InChI is InChI=1S/C13H13N3O4S/c17-8-2-4-11-3-1-5-12(9-11)21(18,19)16-7-6-13-14-10-15-20-13/h1,3,5,9-10,16-17H,6-8H2. The van der Waals surface area contributed by atoms with Crippen molar-refractivity contribution in [1.82, 2.24) is 14.9 Å². The van der Waals surface area contributed by atoms with Gasteiger partial charge in [0.15, 0.2) is 6.33 Å². The van der Waals surface area contributed by atoms with E-state index < -0.39 is 10.0 Å². The van der Waals surface area contributed by atoms with Gasteiger partial charge in [0.25, 0.3) is 0 Å². The number of rotatable bonds is 5. The van der Waals surface area contributed by atoms with Gasteiger partial charge >= 0.3 is 0 Å². The number of aromatic nitrogens is 2. The number of hydrogen-bond donors (Lipinski definition) is 2. The van der Waals surface area contributed by atoms with Gasteiger partial charge in [-0.3, -0.25) is 0 Å². The summed E-state index contributed by atoms with van der Waals surface area (Å²) in [6.45, 7) is -0.128. The fourth-order valence-electron chi connectivity index (χ4n) is 1.56. The fourth-order valence-corrected chi connectivity index (χ4v) is 2.64. The molecule has 0 saturated heterocycles. The number of aliphatic hydroxyl groups is 1. The normalized spacial score (nSPS) is 10.9. The molecule has 0 radical (unpaired) electrons. The van der Waals surface area contributed by atoms with Crippen molar-refractivity contribution in [1.29, 1.82) is 0 Å². The molecule has 110 valence electrons. The van der Waals surface area contributed by atoms with Crippen LogP contribution in [0.15, 0.2) is 40.0 Å². The molecule has 0 amide bonds. The molecule has 2 rings (SSSR count). The van der Waals surface area contributed by atoms with Crippen LogP contribution in [-0.4, -0.2) is 36.8 Å². The topological polar surface area (TPSA) is 105 Å². The van der Waals surface area contributed by atoms with Crippen LogP contribution in [-0.2, 0) is 16.4 Å². The molecule has 1 heterocycles. The Morgan fingerprint density at radius 2 is 2.24 bits per heavy atom. The molecule has 7 nitrogen and oxygen atoms in total. The molecule has 1 aromatic carbocycles. The van der Waals surface area contributed by atoms with E-state index in [2.05, 4.69) is 26.7 Å². The number of nitrogens with zero attached hydrogens (tertiary/aromatic N) is 2. The fraction of sp³-hybridized carbons (Fsp3) is 0.231. The Balaban J connectivity index is 2.04. The lowest BCUT2D eigenvalue weighted by Crippen LogP contribution is -2.26. The summed E-state index contributed by atoms with van der Waals surface area (Å²) in [4.78, 5) is 3.91. The van der Waals surface area contributed by atoms with Crippen molar-refractivity contribution in [3.63, 3.8) is 0 Å². The van der Waals surface area contributed by atoms with E-state index >= 15 is 0 Å². The zero-order valence-corrected chi connectivity index (χ0v) is 11.8. The molecule has 0 saturated carbocycles. The summed E-state index contributed by atoms with van der Waals surface area (Å²) in [6.07, 6.45) is 1.57. The first-order chi connectivity index (χ1) is 10.1. The molecule has 0 aliphatic rings. The van der Waals surface area contributed by atoms with Crippen LogP contribution in [0.3, 0.4) is 0 Å². The second kappa shape index (κ2) is 6.99. The van der Waals surface area contributed by atoms with Crippen molar-refractivity contribution in [2.45, 2.75) is 11.3 Å². The minimum Gasteiger partial charge on any atom is -0.384 e. The maximum Gasteiger partial charge on any atom is 0.240 e. The van der Waals surface area contributed by atoms with Crippen LogP contribution in [0.5, 0.6) is 0 Å². The molecule has 2 aromatic rings. The lowest BCUT2D eigenvalue weighted by atomic mass is 10.2. The molecule has 0 fully saturated rings. The van der Waals surface area contributed by atoms with Crippen LogP contribution in [0.1, 0.15) is 11.5 Å². The van der Waals surface area contributed by atoms with Crippen molar-refractivity contribution in [2.24, 2.45) is 0 Å². The summed E-state index contributed by atoms with van der Waals surface area (Å²) in [5.41, 5.74) is 0.517. The van der Waals surface area contributed by atoms with Gasteiger partial charge in [-0.2, -0.15) is 4.98 Å². The monoisotopic (exact) mass is 307 g/mol. The van der Waals surface area contributed by atoms with Crippen LogP contribution in [0.4, 0.5) is 0 Å². The third kappa shape index (κ3) is 4.39. The predicted molar refractivity (Wildman–Crippen MR) is 73.6 cm³/mol. The molecule has 0 atom stereocenters. The largest absolute Gasteiger partial charge is 0.384 e. The molecule has 0 bridgehead atoms. The van der Waals surface area contributed by atoms with Crippen LogP contribution < -0.4 is 4.72 Å². The number of nitrogens with one attached hydrogen (secondary N) is 1. The number of hydrogen-bond acceptors (Lipinski definition) is 6. The second-order valence-electron chi connectivity index (χ2n) is 3.97. The van der Waals surface area contributed by atoms with E-state index in [0.717, 1.165) is 0 Å². The second-order valence-corrected chi connectivity index (χ2v) is 5.74. The highest BCUT2D eigenvalue weighted by Gasteiger charge is 2.14. The first-order valence-electron chi connectivity index (χ1n) is 6.07. The SMILES string of the molecule is O=S(=O)(NCCc1ncno1)c1cccc(C#CCO)c1. The minimum atomic E-state index is -3.63. The summed E-state index contributed by atoms with van der Waals surface area (Å²) in [5, 5.41) is 12.1. The van der Waals surface area contributed by atoms with Crippen molar-refractivity contribution < 1.29 is 18.0 Å². The smallest absolute Gasteiger partial charge is 0.240 e. The van der Waals surface area contributed by atoms with Gasteiger partial charge in [-0.05, 0) is 18.2 Å². The maximum absolute atomic E-state index is 12.1. The average molecular weight is 307 g/mol. The van der Waals surface area contributed by atoms with Crippen molar-refractivity contribution >= 4 is 10.0 Å². The predicted octanol–water partition coefficient (Wildman–Crippen LogP) is -0.0656. The first-order valence-corrected chi connectivity index (χ1v) is 7.55. The highest BCUT2D eigenvalue weighted by molar-refractivity contribution is 7.89. The van der Waals surface area contributed by atoms with E-state index in [-0.39, 0.29) is 18.0 Å². The van der Waals surface area contributed by atoms with Crippen molar-refractivity contribution in [2.75, 3.05) is 13.2 Å². The number of benzene rings is 1. The van der Waals surface area contributed by atoms with E-state index in [1.165, 1.54) is 18.5 Å². The molecule has 1 aromatic heterocycles. The van der Waals surface area contributed by atoms with E-state index in [0.29, 0.717) is 17.9 Å². The maximum atomic E-state index is 12.1. The molecule has 8 heteroatoms. The minimum absolute atomic E-state index is 0.109. The van der Waals surface area contributed by atoms with Crippen LogP contribution in [0.2, 0.25) is 0 Å². The Hall–Kier alpha value is -2.21. The van der Waals surface area contributed by atoms with Gasteiger partial charge in [0.1, 0.15) is 6.61 Å². The van der Waals surface area contributed by atoms with Gasteiger partial charge in [-0.15, -0.1) is 0 Å². The highest BCUT2D eigenvalue weighted by Crippen LogP contribution is 2.10. The quantitative estimate of drug-likeness (QED) is 0.749. The first kappa shape index (κ1) is 15.2. The van der Waals surface area contributed by atoms with E-state index in [1.54, 1.807) is 12.1 Å². The highest BCUT2D eigenvalue weighted by atomic mass is 32.2. The van der Waals surface area contributed by atoms with Crippen LogP contribution in [0, 0.1) is 11.8 Å². The lowest BCUT2D eigenvalue weighted by molar-refractivity contribution is 0.350. The molecular formula is C13H13N3O4S. The Labute approximate surface area is 122 Å². The number of sulfonamides is 1. The van der Waals surface area contributed by atoms with Gasteiger partial charge in [-0.25, -0.2) is 13.1 Å². The van der Waals surface area contributed by atoms with E-state index in [1.807, 2.05) is 0 Å². The van der Waals surface area contributed by atoms with Crippen LogP contribution in [0.25, 0.3) is 0 Å². The van der Waals surface area contributed by atoms with Gasteiger partial charge in [-0.1, -0.05) is 23.1 Å². The van der Waals surface area contributed by atoms with Crippen molar-refractivity contribution in [3.05, 3.63) is 42.0 Å². The zero-order chi connectivity index (χ0) is 15.1. The van der Waals surface area contributed by atoms with E-state index in [4.69, 9.17) is 9.63 Å². The Kier molecular flexibility index (Phi) is 5.05. The third-order valence-electron chi connectivity index (χ3n) is 2.49. The molecule has 0 aliphatic heterocycles. The summed E-state index contributed by atoms with van der Waals surface area (Å²) < 4.78 is 31.4. The Morgan fingerprint density at radius 3 is 2.95 bits per heavy atom.